The van der Waals surface area contributed by atoms with Gasteiger partial charge in [-0.3, -0.25) is 19.1 Å². The highest BCUT2D eigenvalue weighted by Gasteiger charge is 2.58. The molecule has 0 bridgehead atoms. The molecule has 1 aliphatic heterocycles. The van der Waals surface area contributed by atoms with Gasteiger partial charge >= 0.3 is 0 Å². The summed E-state index contributed by atoms with van der Waals surface area (Å²) >= 11 is 0. The van der Waals surface area contributed by atoms with Crippen LogP contribution in [0.4, 0.5) is 11.5 Å². The third-order valence-corrected chi connectivity index (χ3v) is 8.50. The maximum Gasteiger partial charge on any atom is 0.270 e. The van der Waals surface area contributed by atoms with Crippen molar-refractivity contribution in [2.45, 2.75) is 38.1 Å². The van der Waals surface area contributed by atoms with Gasteiger partial charge in [-0.1, -0.05) is 24.3 Å². The topological polar surface area (TPSA) is 112 Å². The molecule has 2 fully saturated rings. The lowest BCUT2D eigenvalue weighted by atomic mass is 9.82. The summed E-state index contributed by atoms with van der Waals surface area (Å²) in [6.07, 6.45) is 6.21. The molecule has 1 saturated carbocycles. The quantitative estimate of drug-likeness (QED) is 0.509. The van der Waals surface area contributed by atoms with Gasteiger partial charge in [0.15, 0.2) is 0 Å². The molecule has 3 aromatic rings. The molecule has 1 unspecified atom stereocenters. The Bertz CT molecular complexity index is 1400. The fourth-order valence-electron chi connectivity index (χ4n) is 6.23. The van der Waals surface area contributed by atoms with Crippen LogP contribution in [0.2, 0.25) is 0 Å². The summed E-state index contributed by atoms with van der Waals surface area (Å²) in [4.78, 5) is 47.3. The number of hydrogen-bond donors (Lipinski definition) is 2. The lowest BCUT2D eigenvalue weighted by Gasteiger charge is -2.35. The Labute approximate surface area is 227 Å². The predicted molar refractivity (Wildman–Crippen MR) is 146 cm³/mol. The number of fused-ring (bicyclic) bond motifs is 1. The maximum atomic E-state index is 13.9. The SMILES string of the molecule is CC(=O)N1CCN(c2ccc(NC(=O)[C@@H](NC(=O)c3ccnn3C)C3c4ccccc4CC34CC4)cn2)CC1. The molecule has 2 N–H and O–H groups in total. The van der Waals surface area contributed by atoms with Crippen molar-refractivity contribution in [2.24, 2.45) is 12.5 Å². The first-order chi connectivity index (χ1) is 18.8. The lowest BCUT2D eigenvalue weighted by molar-refractivity contribution is -0.129. The molecule has 2 atom stereocenters. The first-order valence-electron chi connectivity index (χ1n) is 13.5. The van der Waals surface area contributed by atoms with E-state index in [0.717, 1.165) is 30.6 Å². The van der Waals surface area contributed by atoms with Crippen molar-refractivity contribution in [1.82, 2.24) is 25.0 Å². The summed E-state index contributed by atoms with van der Waals surface area (Å²) in [5.41, 5.74) is 3.36. The average Bonchev–Trinajstić information content (AvgIpc) is 3.44. The van der Waals surface area contributed by atoms with Crippen molar-refractivity contribution >= 4 is 29.2 Å². The Morgan fingerprint density at radius 1 is 1.03 bits per heavy atom. The highest BCUT2D eigenvalue weighted by atomic mass is 16.2. The van der Waals surface area contributed by atoms with Crippen molar-refractivity contribution in [3.63, 3.8) is 0 Å². The highest BCUT2D eigenvalue weighted by Crippen LogP contribution is 2.64. The summed E-state index contributed by atoms with van der Waals surface area (Å²) in [5.74, 6) is 0.190. The minimum Gasteiger partial charge on any atom is -0.353 e. The summed E-state index contributed by atoms with van der Waals surface area (Å²) in [5, 5.41) is 10.2. The van der Waals surface area contributed by atoms with Crippen LogP contribution < -0.4 is 15.5 Å². The zero-order valence-corrected chi connectivity index (χ0v) is 22.3. The molecule has 2 aromatic heterocycles. The lowest BCUT2D eigenvalue weighted by Crippen LogP contribution is -2.49. The van der Waals surface area contributed by atoms with Gasteiger partial charge in [0.1, 0.15) is 17.6 Å². The largest absolute Gasteiger partial charge is 0.353 e. The Morgan fingerprint density at radius 2 is 1.79 bits per heavy atom. The summed E-state index contributed by atoms with van der Waals surface area (Å²) < 4.78 is 1.51. The van der Waals surface area contributed by atoms with E-state index in [-0.39, 0.29) is 29.1 Å². The fraction of sp³-hybridized carbons (Fsp3) is 0.414. The number of carbonyl (C=O) groups excluding carboxylic acids is 3. The van der Waals surface area contributed by atoms with Gasteiger partial charge in [0.2, 0.25) is 11.8 Å². The normalized spacial score (nSPS) is 19.9. The second-order valence-corrected chi connectivity index (χ2v) is 10.9. The van der Waals surface area contributed by atoms with Crippen molar-refractivity contribution in [1.29, 1.82) is 0 Å². The number of nitrogens with zero attached hydrogens (tertiary/aromatic N) is 5. The number of hydrogen-bond acceptors (Lipinski definition) is 6. The number of benzene rings is 1. The van der Waals surface area contributed by atoms with Gasteiger partial charge < -0.3 is 20.4 Å². The van der Waals surface area contributed by atoms with Crippen LogP contribution in [0.25, 0.3) is 0 Å². The predicted octanol–water partition coefficient (Wildman–Crippen LogP) is 2.34. The minimum absolute atomic E-state index is 0.00441. The zero-order valence-electron chi connectivity index (χ0n) is 22.3. The molecule has 10 nitrogen and oxygen atoms in total. The van der Waals surface area contributed by atoms with Gasteiger partial charge in [0.25, 0.3) is 5.91 Å². The third-order valence-electron chi connectivity index (χ3n) is 8.50. The molecule has 2 aliphatic carbocycles. The van der Waals surface area contributed by atoms with Crippen LogP contribution in [-0.4, -0.2) is 69.6 Å². The maximum absolute atomic E-state index is 13.9. The Morgan fingerprint density at radius 3 is 2.44 bits per heavy atom. The monoisotopic (exact) mass is 527 g/mol. The molecule has 3 heterocycles. The molecule has 0 radical (unpaired) electrons. The number of rotatable bonds is 6. The van der Waals surface area contributed by atoms with Crippen LogP contribution in [0, 0.1) is 5.41 Å². The summed E-state index contributed by atoms with van der Waals surface area (Å²) in [7, 11) is 1.71. The number of anilines is 2. The number of pyridine rings is 1. The van der Waals surface area contributed by atoms with Crippen LogP contribution in [0.15, 0.2) is 54.9 Å². The first-order valence-corrected chi connectivity index (χ1v) is 13.5. The summed E-state index contributed by atoms with van der Waals surface area (Å²) in [6, 6.07) is 12.9. The Hall–Kier alpha value is -4.21. The molecular weight excluding hydrogens is 494 g/mol. The smallest absolute Gasteiger partial charge is 0.270 e. The number of aryl methyl sites for hydroxylation is 1. The number of aromatic nitrogens is 3. The van der Waals surface area contributed by atoms with Gasteiger partial charge in [-0.15, -0.1) is 0 Å². The second kappa shape index (κ2) is 9.83. The first kappa shape index (κ1) is 25.1. The molecule has 1 saturated heterocycles. The van der Waals surface area contributed by atoms with E-state index in [0.29, 0.717) is 37.6 Å². The van der Waals surface area contributed by atoms with Crippen molar-refractivity contribution in [3.05, 3.63) is 71.7 Å². The van der Waals surface area contributed by atoms with E-state index in [1.165, 1.54) is 10.2 Å². The molecule has 3 amide bonds. The molecule has 202 valence electrons. The number of amides is 3. The van der Waals surface area contributed by atoms with Gasteiger partial charge in [-0.05, 0) is 54.0 Å². The van der Waals surface area contributed by atoms with Crippen molar-refractivity contribution in [3.8, 4) is 0 Å². The van der Waals surface area contributed by atoms with E-state index in [9.17, 15) is 14.4 Å². The number of nitrogens with one attached hydrogen (secondary N) is 2. The molecule has 10 heteroatoms. The van der Waals surface area contributed by atoms with E-state index >= 15 is 0 Å². The highest BCUT2D eigenvalue weighted by molar-refractivity contribution is 6.01. The van der Waals surface area contributed by atoms with Gasteiger partial charge in [-0.25, -0.2) is 4.98 Å². The van der Waals surface area contributed by atoms with Crippen LogP contribution in [0.1, 0.15) is 47.3 Å². The fourth-order valence-corrected chi connectivity index (χ4v) is 6.23. The standard InChI is InChI=1S/C29H33N7O3/c1-19(37)35-13-15-36(16-14-35)24-8-7-21(18-30-24)32-28(39)26(33-27(38)23-9-12-31-34(23)2)25-22-6-4-3-5-20(22)17-29(25)10-11-29/h3-9,12,18,25-26H,10-11,13-17H2,1-2H3,(H,32,39)(H,33,38)/t25?,26-/m0/s1. The average molecular weight is 528 g/mol. The summed E-state index contributed by atoms with van der Waals surface area (Å²) in [6.45, 7) is 4.34. The van der Waals surface area contributed by atoms with E-state index in [4.69, 9.17) is 0 Å². The van der Waals surface area contributed by atoms with Crippen LogP contribution in [0.3, 0.4) is 0 Å². The van der Waals surface area contributed by atoms with Crippen molar-refractivity contribution in [2.75, 3.05) is 36.4 Å². The van der Waals surface area contributed by atoms with E-state index in [1.54, 1.807) is 32.4 Å². The molecule has 1 aromatic carbocycles. The third kappa shape index (κ3) is 4.75. The van der Waals surface area contributed by atoms with Gasteiger partial charge in [0, 0.05) is 52.3 Å². The Kier molecular flexibility index (Phi) is 6.32. The van der Waals surface area contributed by atoms with E-state index in [1.807, 2.05) is 29.2 Å². The molecule has 39 heavy (non-hydrogen) atoms. The molecule has 6 rings (SSSR count). The van der Waals surface area contributed by atoms with E-state index < -0.39 is 6.04 Å². The number of piperazine rings is 1. The molecule has 3 aliphatic rings. The second-order valence-electron chi connectivity index (χ2n) is 10.9. The van der Waals surface area contributed by atoms with Gasteiger partial charge in [-0.2, -0.15) is 5.10 Å². The minimum atomic E-state index is -0.752. The van der Waals surface area contributed by atoms with Crippen LogP contribution in [-0.2, 0) is 23.1 Å². The van der Waals surface area contributed by atoms with Crippen LogP contribution >= 0.6 is 0 Å². The zero-order chi connectivity index (χ0) is 27.1. The molecule has 1 spiro atoms. The Balaban J connectivity index is 1.22. The van der Waals surface area contributed by atoms with Crippen LogP contribution in [0.5, 0.6) is 0 Å². The van der Waals surface area contributed by atoms with E-state index in [2.05, 4.69) is 37.7 Å². The van der Waals surface area contributed by atoms with Gasteiger partial charge in [0.05, 0.1) is 11.9 Å². The number of carbonyl (C=O) groups is 3. The molecular formula is C29H33N7O3. The van der Waals surface area contributed by atoms with Crippen molar-refractivity contribution < 1.29 is 14.4 Å².